The lowest BCUT2D eigenvalue weighted by atomic mass is 10.1. The van der Waals surface area contributed by atoms with E-state index in [1.165, 1.54) is 12.0 Å². The summed E-state index contributed by atoms with van der Waals surface area (Å²) in [5.74, 6) is -1.40. The minimum Gasteiger partial charge on any atom is -0.480 e. The Morgan fingerprint density at radius 1 is 1.35 bits per heavy atom. The van der Waals surface area contributed by atoms with E-state index in [0.29, 0.717) is 5.56 Å². The molecule has 1 saturated heterocycles. The zero-order chi connectivity index (χ0) is 17.0. The summed E-state index contributed by atoms with van der Waals surface area (Å²) in [5.41, 5.74) is 6.16. The summed E-state index contributed by atoms with van der Waals surface area (Å²) in [6, 6.07) is 5.05. The van der Waals surface area contributed by atoms with E-state index in [2.05, 4.69) is 5.32 Å². The molecule has 1 aromatic carbocycles. The lowest BCUT2D eigenvalue weighted by Gasteiger charge is -2.21. The first kappa shape index (κ1) is 16.8. The smallest absolute Gasteiger partial charge is 0.326 e. The van der Waals surface area contributed by atoms with Crippen LogP contribution < -0.4 is 11.1 Å². The number of nitrogens with zero attached hydrogens (tertiary/aromatic N) is 1. The average molecular weight is 321 g/mol. The number of carbonyl (C=O) groups excluding carboxylic acids is 2. The van der Waals surface area contributed by atoms with Crippen molar-refractivity contribution in [3.8, 4) is 0 Å². The Balaban J connectivity index is 2.09. The van der Waals surface area contributed by atoms with E-state index >= 15 is 0 Å². The number of ether oxygens (including phenoxy) is 1. The predicted molar refractivity (Wildman–Crippen MR) is 80.7 cm³/mol. The van der Waals surface area contributed by atoms with Crippen LogP contribution in [-0.2, 0) is 16.1 Å². The lowest BCUT2D eigenvalue weighted by molar-refractivity contribution is -0.141. The first-order chi connectivity index (χ1) is 10.9. The van der Waals surface area contributed by atoms with Crippen LogP contribution in [0.3, 0.4) is 0 Å². The monoisotopic (exact) mass is 321 g/mol. The molecule has 8 nitrogen and oxygen atoms in total. The van der Waals surface area contributed by atoms with Gasteiger partial charge in [-0.3, -0.25) is 4.79 Å². The van der Waals surface area contributed by atoms with Crippen LogP contribution >= 0.6 is 0 Å². The van der Waals surface area contributed by atoms with Gasteiger partial charge in [0.2, 0.25) is 0 Å². The Morgan fingerprint density at radius 2 is 2.00 bits per heavy atom. The molecular formula is C15H19N3O5. The number of rotatable bonds is 5. The molecule has 0 bridgehead atoms. The van der Waals surface area contributed by atoms with Crippen molar-refractivity contribution < 1.29 is 24.2 Å². The summed E-state index contributed by atoms with van der Waals surface area (Å²) in [6.07, 6.45) is -0.00264. The number of carbonyl (C=O) groups is 3. The molecule has 1 fully saturated rings. The number of likely N-dealkylation sites (tertiary alicyclic amines) is 1. The Labute approximate surface area is 133 Å². The fraction of sp³-hybridized carbons (Fsp3) is 0.400. The van der Waals surface area contributed by atoms with Crippen LogP contribution in [0.2, 0.25) is 0 Å². The Morgan fingerprint density at radius 3 is 2.52 bits per heavy atom. The summed E-state index contributed by atoms with van der Waals surface area (Å²) in [7, 11) is 1.50. The van der Waals surface area contributed by atoms with Crippen molar-refractivity contribution >= 4 is 17.9 Å². The summed E-state index contributed by atoms with van der Waals surface area (Å²) in [6.45, 7) is 0.508. The molecule has 2 rings (SSSR count). The van der Waals surface area contributed by atoms with Gasteiger partial charge in [-0.2, -0.15) is 0 Å². The number of nitrogens with two attached hydrogens (primary N) is 1. The highest BCUT2D eigenvalue weighted by Crippen LogP contribution is 2.22. The maximum absolute atomic E-state index is 12.5. The number of carboxylic acid groups (broad SMARTS) is 1. The van der Waals surface area contributed by atoms with Crippen LogP contribution in [-0.4, -0.2) is 53.7 Å². The number of amides is 3. The molecular weight excluding hydrogens is 302 g/mol. The quantitative estimate of drug-likeness (QED) is 0.713. The lowest BCUT2D eigenvalue weighted by Crippen LogP contribution is -2.40. The van der Waals surface area contributed by atoms with Crippen molar-refractivity contribution in [2.45, 2.75) is 25.1 Å². The average Bonchev–Trinajstić information content (AvgIpc) is 2.97. The molecule has 1 heterocycles. The number of benzene rings is 1. The number of primary amides is 1. The van der Waals surface area contributed by atoms with Gasteiger partial charge < -0.3 is 25.8 Å². The van der Waals surface area contributed by atoms with Crippen LogP contribution in [0, 0.1) is 0 Å². The third kappa shape index (κ3) is 3.98. The van der Waals surface area contributed by atoms with Gasteiger partial charge in [-0.05, 0) is 17.7 Å². The van der Waals surface area contributed by atoms with Gasteiger partial charge in [0, 0.05) is 32.2 Å². The van der Waals surface area contributed by atoms with Gasteiger partial charge in [0.05, 0.1) is 6.10 Å². The van der Waals surface area contributed by atoms with Crippen molar-refractivity contribution in [1.29, 1.82) is 0 Å². The number of urea groups is 1. The Kier molecular flexibility index (Phi) is 5.17. The molecule has 8 heteroatoms. The minimum atomic E-state index is -1.04. The zero-order valence-electron chi connectivity index (χ0n) is 12.7. The first-order valence-electron chi connectivity index (χ1n) is 7.11. The van der Waals surface area contributed by atoms with E-state index in [0.717, 1.165) is 5.56 Å². The van der Waals surface area contributed by atoms with Crippen LogP contribution in [0.1, 0.15) is 22.3 Å². The SMILES string of the molecule is COC1CC(C(=O)O)N(C(=O)c2ccc(CNC(N)=O)cc2)C1. The van der Waals surface area contributed by atoms with Gasteiger partial charge in [0.15, 0.2) is 0 Å². The molecule has 3 amide bonds. The van der Waals surface area contributed by atoms with Gasteiger partial charge in [-0.1, -0.05) is 12.1 Å². The molecule has 0 aliphatic carbocycles. The molecule has 2 unspecified atom stereocenters. The molecule has 4 N–H and O–H groups in total. The first-order valence-corrected chi connectivity index (χ1v) is 7.11. The second kappa shape index (κ2) is 7.10. The summed E-state index contributed by atoms with van der Waals surface area (Å²) in [5, 5.41) is 11.7. The van der Waals surface area contributed by atoms with Crippen LogP contribution in [0.4, 0.5) is 4.79 Å². The topological polar surface area (TPSA) is 122 Å². The van der Waals surface area contributed by atoms with Gasteiger partial charge in [-0.15, -0.1) is 0 Å². The molecule has 0 aromatic heterocycles. The van der Waals surface area contributed by atoms with E-state index in [9.17, 15) is 19.5 Å². The van der Waals surface area contributed by atoms with Crippen molar-refractivity contribution in [2.24, 2.45) is 5.73 Å². The maximum Gasteiger partial charge on any atom is 0.326 e. The van der Waals surface area contributed by atoms with Crippen LogP contribution in [0.25, 0.3) is 0 Å². The van der Waals surface area contributed by atoms with Gasteiger partial charge in [0.1, 0.15) is 6.04 Å². The van der Waals surface area contributed by atoms with Gasteiger partial charge in [-0.25, -0.2) is 9.59 Å². The number of aliphatic carboxylic acids is 1. The van der Waals surface area contributed by atoms with E-state index in [1.807, 2.05) is 0 Å². The second-order valence-electron chi connectivity index (χ2n) is 5.32. The summed E-state index contributed by atoms with van der Waals surface area (Å²) in [4.78, 5) is 35.8. The van der Waals surface area contributed by atoms with Crippen molar-refractivity contribution in [2.75, 3.05) is 13.7 Å². The third-order valence-corrected chi connectivity index (χ3v) is 3.81. The molecule has 1 aromatic rings. The standard InChI is InChI=1S/C15H19N3O5/c1-23-11-6-12(14(20)21)18(8-11)13(19)10-4-2-9(3-5-10)7-17-15(16)22/h2-5,11-12H,6-8H2,1H3,(H,20,21)(H3,16,17,22). The van der Waals surface area contributed by atoms with E-state index in [4.69, 9.17) is 10.5 Å². The fourth-order valence-electron chi connectivity index (χ4n) is 2.55. The van der Waals surface area contributed by atoms with Crippen molar-refractivity contribution in [3.05, 3.63) is 35.4 Å². The summed E-state index contributed by atoms with van der Waals surface area (Å²) < 4.78 is 5.17. The molecule has 0 saturated carbocycles. The molecule has 0 spiro atoms. The molecule has 2 atom stereocenters. The van der Waals surface area contributed by atoms with Crippen LogP contribution in [0.5, 0.6) is 0 Å². The maximum atomic E-state index is 12.5. The Hall–Kier alpha value is -2.61. The molecule has 124 valence electrons. The van der Waals surface area contributed by atoms with Crippen molar-refractivity contribution in [3.63, 3.8) is 0 Å². The van der Waals surface area contributed by atoms with E-state index in [-0.39, 0.29) is 31.5 Å². The highest BCUT2D eigenvalue weighted by molar-refractivity contribution is 5.97. The Bertz CT molecular complexity index is 602. The van der Waals surface area contributed by atoms with Crippen LogP contribution in [0.15, 0.2) is 24.3 Å². The van der Waals surface area contributed by atoms with Gasteiger partial charge >= 0.3 is 12.0 Å². The normalized spacial score (nSPS) is 20.3. The number of carboxylic acids is 1. The predicted octanol–water partition coefficient (Wildman–Crippen LogP) is 0.169. The fourth-order valence-corrected chi connectivity index (χ4v) is 2.55. The minimum absolute atomic E-state index is 0.247. The number of methoxy groups -OCH3 is 1. The van der Waals surface area contributed by atoms with Gasteiger partial charge in [0.25, 0.3) is 5.91 Å². The third-order valence-electron chi connectivity index (χ3n) is 3.81. The van der Waals surface area contributed by atoms with E-state index < -0.39 is 18.0 Å². The number of hydrogen-bond donors (Lipinski definition) is 3. The summed E-state index contributed by atoms with van der Waals surface area (Å²) >= 11 is 0. The molecule has 23 heavy (non-hydrogen) atoms. The molecule has 1 aliphatic heterocycles. The van der Waals surface area contributed by atoms with E-state index in [1.54, 1.807) is 24.3 Å². The highest BCUT2D eigenvalue weighted by Gasteiger charge is 2.40. The number of hydrogen-bond acceptors (Lipinski definition) is 4. The zero-order valence-corrected chi connectivity index (χ0v) is 12.7. The molecule has 1 aliphatic rings. The second-order valence-corrected chi connectivity index (χ2v) is 5.32. The highest BCUT2D eigenvalue weighted by atomic mass is 16.5. The molecule has 0 radical (unpaired) electrons. The number of nitrogens with one attached hydrogen (secondary N) is 1. The largest absolute Gasteiger partial charge is 0.480 e. The van der Waals surface area contributed by atoms with Crippen molar-refractivity contribution in [1.82, 2.24) is 10.2 Å².